The Morgan fingerprint density at radius 3 is 2.69 bits per heavy atom. The smallest absolute Gasteiger partial charge is 0.357 e. The Balaban J connectivity index is 1.28. The van der Waals surface area contributed by atoms with Gasteiger partial charge in [0.2, 0.25) is 12.0 Å². The molecule has 2 aromatic rings. The third-order valence-corrected chi connectivity index (χ3v) is 9.26. The van der Waals surface area contributed by atoms with Crippen molar-refractivity contribution in [3.05, 3.63) is 71.0 Å². The molecule has 1 fully saturated rings. The van der Waals surface area contributed by atoms with Crippen molar-refractivity contribution in [2.24, 2.45) is 5.92 Å². The minimum atomic E-state index is -1.37. The molecule has 10 nitrogen and oxygen atoms in total. The predicted octanol–water partition coefficient (Wildman–Crippen LogP) is 2.78. The average molecular weight is 578 g/mol. The molecule has 0 radical (unpaired) electrons. The second-order valence-corrected chi connectivity index (χ2v) is 11.5. The molecule has 3 N–H and O–H groups in total. The number of carbonyl (C=O) groups excluding carboxylic acids is 3. The minimum absolute atomic E-state index is 0.0463. The fourth-order valence-corrected chi connectivity index (χ4v) is 7.36. The summed E-state index contributed by atoms with van der Waals surface area (Å²) in [5, 5.41) is 24.0. The number of benzene rings is 2. The van der Waals surface area contributed by atoms with E-state index in [9.17, 15) is 24.6 Å². The van der Waals surface area contributed by atoms with Gasteiger partial charge in [-0.3, -0.25) is 9.59 Å². The quantitative estimate of drug-likeness (QED) is 0.384. The molecular formula is C32H35NO9. The van der Waals surface area contributed by atoms with Gasteiger partial charge in [-0.1, -0.05) is 42.8 Å². The lowest BCUT2D eigenvalue weighted by molar-refractivity contribution is -0.172. The first kappa shape index (κ1) is 28.2. The fourth-order valence-electron chi connectivity index (χ4n) is 7.36. The maximum absolute atomic E-state index is 13.7. The van der Waals surface area contributed by atoms with Crippen molar-refractivity contribution in [3.63, 3.8) is 0 Å². The van der Waals surface area contributed by atoms with E-state index in [0.717, 1.165) is 30.4 Å². The molecule has 10 heteroatoms. The van der Waals surface area contributed by atoms with Crippen LogP contribution in [0.1, 0.15) is 61.8 Å². The summed E-state index contributed by atoms with van der Waals surface area (Å²) in [6.07, 6.45) is 1.71. The van der Waals surface area contributed by atoms with E-state index >= 15 is 0 Å². The first-order valence-electron chi connectivity index (χ1n) is 14.4. The number of amides is 1. The molecule has 6 rings (SSSR count). The van der Waals surface area contributed by atoms with Crippen LogP contribution in [-0.4, -0.2) is 59.5 Å². The molecular weight excluding hydrogens is 542 g/mol. The van der Waals surface area contributed by atoms with Gasteiger partial charge in [0.1, 0.15) is 11.9 Å². The number of aliphatic hydroxyl groups excluding tert-OH is 1. The van der Waals surface area contributed by atoms with E-state index < -0.39 is 47.2 Å². The summed E-state index contributed by atoms with van der Waals surface area (Å²) in [5.41, 5.74) is 0.632. The monoisotopic (exact) mass is 577 g/mol. The van der Waals surface area contributed by atoms with Crippen LogP contribution in [0.15, 0.2) is 54.3 Å². The van der Waals surface area contributed by atoms with Crippen molar-refractivity contribution in [1.29, 1.82) is 0 Å². The van der Waals surface area contributed by atoms with Gasteiger partial charge in [-0.15, -0.1) is 0 Å². The molecule has 1 spiro atoms. The highest BCUT2D eigenvalue weighted by Crippen LogP contribution is 2.67. The Morgan fingerprint density at radius 1 is 1.17 bits per heavy atom. The molecule has 222 valence electrons. The number of aliphatic hydroxyl groups is 2. The zero-order chi connectivity index (χ0) is 29.6. The second-order valence-electron chi connectivity index (χ2n) is 11.5. The highest BCUT2D eigenvalue weighted by molar-refractivity contribution is 5.83. The Hall–Kier alpha value is -3.89. The summed E-state index contributed by atoms with van der Waals surface area (Å²) in [7, 11) is 1.57. The zero-order valence-electron chi connectivity index (χ0n) is 23.6. The number of nitrogens with one attached hydrogen (secondary N) is 1. The summed E-state index contributed by atoms with van der Waals surface area (Å²) in [5.74, 6) is -0.677. The first-order chi connectivity index (χ1) is 20.2. The standard InChI is InChI=1S/C32H35NO9/c1-18(34)29(36)33-16-13-24(35)41-26(19-7-4-3-5-8-19)30(37)40-23-12-15-32(38)21-9-6-14-31(32)25-20(17-21)10-11-22(39-2)27(25)42-28(23)31/h3-5,7-8,10-12,18,21,26,28,34,38H,6,9,13-17H2,1-2H3,(H,33,36)/t18?,21-,26+,28+,31+,32-/m1/s1. The van der Waals surface area contributed by atoms with Crippen LogP contribution < -0.4 is 14.8 Å². The van der Waals surface area contributed by atoms with Crippen LogP contribution in [0.2, 0.25) is 0 Å². The number of methoxy groups -OCH3 is 1. The van der Waals surface area contributed by atoms with E-state index in [-0.39, 0.29) is 24.6 Å². The number of rotatable bonds is 9. The average Bonchev–Trinajstić information content (AvgIpc) is 3.32. The van der Waals surface area contributed by atoms with Crippen LogP contribution in [0, 0.1) is 5.92 Å². The molecule has 6 atom stereocenters. The molecule has 4 aliphatic rings. The zero-order valence-corrected chi connectivity index (χ0v) is 23.6. The molecule has 0 aromatic heterocycles. The van der Waals surface area contributed by atoms with Crippen molar-refractivity contribution < 1.29 is 43.5 Å². The molecule has 2 aromatic carbocycles. The van der Waals surface area contributed by atoms with Gasteiger partial charge in [0.25, 0.3) is 0 Å². The van der Waals surface area contributed by atoms with Crippen molar-refractivity contribution in [2.45, 2.75) is 74.8 Å². The van der Waals surface area contributed by atoms with E-state index in [4.69, 9.17) is 18.9 Å². The molecule has 2 bridgehead atoms. The van der Waals surface area contributed by atoms with Gasteiger partial charge in [0.15, 0.2) is 17.6 Å². The summed E-state index contributed by atoms with van der Waals surface area (Å²) < 4.78 is 23.8. The summed E-state index contributed by atoms with van der Waals surface area (Å²) in [6, 6.07) is 12.5. The van der Waals surface area contributed by atoms with Crippen LogP contribution in [-0.2, 0) is 35.7 Å². The van der Waals surface area contributed by atoms with E-state index in [0.29, 0.717) is 29.9 Å². The number of hydrogen-bond acceptors (Lipinski definition) is 9. The van der Waals surface area contributed by atoms with E-state index in [1.54, 1.807) is 43.5 Å². The van der Waals surface area contributed by atoms with Crippen molar-refractivity contribution >= 4 is 17.8 Å². The highest BCUT2D eigenvalue weighted by Gasteiger charge is 2.71. The van der Waals surface area contributed by atoms with Crippen molar-refractivity contribution in [3.8, 4) is 11.5 Å². The largest absolute Gasteiger partial charge is 0.493 e. The maximum Gasteiger partial charge on any atom is 0.357 e. The van der Waals surface area contributed by atoms with Crippen LogP contribution in [0.4, 0.5) is 0 Å². The molecule has 1 saturated carbocycles. The SMILES string of the molecule is COc1ccc2c3c1O[C@H]1C(OC(=O)[C@@H](OC(=O)CCNC(=O)C(C)O)c4ccccc4)=CC[C@@]4(O)[C@H](CCC[C@]314)C2. The maximum atomic E-state index is 13.7. The molecule has 1 aliphatic heterocycles. The topological polar surface area (TPSA) is 141 Å². The Morgan fingerprint density at radius 2 is 1.95 bits per heavy atom. The highest BCUT2D eigenvalue weighted by atomic mass is 16.6. The normalized spacial score (nSPS) is 27.9. The minimum Gasteiger partial charge on any atom is -0.493 e. The molecule has 42 heavy (non-hydrogen) atoms. The van der Waals surface area contributed by atoms with E-state index in [1.165, 1.54) is 6.92 Å². The lowest BCUT2D eigenvalue weighted by Crippen LogP contribution is -2.67. The third-order valence-electron chi connectivity index (χ3n) is 9.26. The second kappa shape index (κ2) is 10.7. The number of esters is 2. The molecule has 1 amide bonds. The molecule has 1 unspecified atom stereocenters. The molecule has 0 saturated heterocycles. The number of hydrogen-bond donors (Lipinski definition) is 3. The first-order valence-corrected chi connectivity index (χ1v) is 14.4. The lowest BCUT2D eigenvalue weighted by atomic mass is 9.47. The lowest BCUT2D eigenvalue weighted by Gasteiger charge is -2.59. The van der Waals surface area contributed by atoms with Crippen LogP contribution in [0.25, 0.3) is 0 Å². The fraction of sp³-hybridized carbons (Fsp3) is 0.469. The van der Waals surface area contributed by atoms with E-state index in [2.05, 4.69) is 5.32 Å². The summed E-state index contributed by atoms with van der Waals surface area (Å²) >= 11 is 0. The van der Waals surface area contributed by atoms with Crippen LogP contribution in [0.5, 0.6) is 11.5 Å². The Labute approximate surface area is 243 Å². The Bertz CT molecular complexity index is 1440. The van der Waals surface area contributed by atoms with Crippen molar-refractivity contribution in [2.75, 3.05) is 13.7 Å². The molecule has 1 heterocycles. The van der Waals surface area contributed by atoms with Gasteiger partial charge in [-0.05, 0) is 56.2 Å². The van der Waals surface area contributed by atoms with E-state index in [1.807, 2.05) is 12.1 Å². The van der Waals surface area contributed by atoms with Gasteiger partial charge < -0.3 is 34.5 Å². The summed E-state index contributed by atoms with van der Waals surface area (Å²) in [6.45, 7) is 1.25. The van der Waals surface area contributed by atoms with Gasteiger partial charge >= 0.3 is 11.9 Å². The predicted molar refractivity (Wildman–Crippen MR) is 148 cm³/mol. The van der Waals surface area contributed by atoms with Gasteiger partial charge in [-0.2, -0.15) is 0 Å². The van der Waals surface area contributed by atoms with Crippen LogP contribution in [0.3, 0.4) is 0 Å². The van der Waals surface area contributed by atoms with Gasteiger partial charge in [0, 0.05) is 17.7 Å². The number of carbonyl (C=O) groups is 3. The van der Waals surface area contributed by atoms with Crippen LogP contribution >= 0.6 is 0 Å². The number of ether oxygens (including phenoxy) is 4. The van der Waals surface area contributed by atoms with Crippen molar-refractivity contribution in [1.82, 2.24) is 5.32 Å². The van der Waals surface area contributed by atoms with Gasteiger partial charge in [-0.25, -0.2) is 4.79 Å². The van der Waals surface area contributed by atoms with Gasteiger partial charge in [0.05, 0.1) is 24.5 Å². The summed E-state index contributed by atoms with van der Waals surface area (Å²) in [4.78, 5) is 38.1. The third kappa shape index (κ3) is 4.35. The Kier molecular flexibility index (Phi) is 7.22. The molecule has 3 aliphatic carbocycles.